The Bertz CT molecular complexity index is 702. The van der Waals surface area contributed by atoms with Gasteiger partial charge in [0.15, 0.2) is 22.9 Å². The van der Waals surface area contributed by atoms with E-state index in [0.29, 0.717) is 5.92 Å². The van der Waals surface area contributed by atoms with E-state index in [1.54, 1.807) is 0 Å². The van der Waals surface area contributed by atoms with Gasteiger partial charge in [-0.2, -0.15) is 0 Å². The molecule has 0 spiro atoms. The molecule has 1 heterocycles. The van der Waals surface area contributed by atoms with Crippen LogP contribution in [0.15, 0.2) is 11.6 Å². The van der Waals surface area contributed by atoms with Crippen LogP contribution in [0.5, 0.6) is 0 Å². The minimum absolute atomic E-state index is 0.00427. The first-order valence-electron chi connectivity index (χ1n) is 13.3. The highest BCUT2D eigenvalue weighted by Crippen LogP contribution is 2.70. The summed E-state index contributed by atoms with van der Waals surface area (Å²) in [7, 11) is -3.80. The Kier molecular flexibility index (Phi) is 7.41. The zero-order valence-corrected chi connectivity index (χ0v) is 24.5. The lowest BCUT2D eigenvalue weighted by molar-refractivity contribution is -0.213. The lowest BCUT2D eigenvalue weighted by atomic mass is 9.53. The number of rotatable bonds is 10. The summed E-state index contributed by atoms with van der Waals surface area (Å²) in [6.45, 7) is 22.9. The van der Waals surface area contributed by atoms with Crippen molar-refractivity contribution in [2.24, 2.45) is 16.7 Å². The van der Waals surface area contributed by atoms with Gasteiger partial charge in [-0.1, -0.05) is 67.0 Å². The van der Waals surface area contributed by atoms with Crippen molar-refractivity contribution < 1.29 is 18.7 Å². The largest absolute Gasteiger partial charge is 0.411 e. The van der Waals surface area contributed by atoms with E-state index in [1.807, 2.05) is 0 Å². The van der Waals surface area contributed by atoms with Gasteiger partial charge in [-0.15, -0.1) is 0 Å². The molecule has 2 fully saturated rings. The topological polar surface area (TPSA) is 47.9 Å². The highest BCUT2D eigenvalue weighted by molar-refractivity contribution is 6.74. The second-order valence-corrected chi connectivity index (χ2v) is 20.9. The van der Waals surface area contributed by atoms with Gasteiger partial charge >= 0.3 is 0 Å². The van der Waals surface area contributed by atoms with Crippen LogP contribution in [0.1, 0.15) is 75.7 Å². The molecule has 1 aliphatic heterocycles. The molecular weight excluding hydrogens is 432 g/mol. The molecular formula is C26H50O4Si2. The second-order valence-electron chi connectivity index (χ2n) is 11.5. The van der Waals surface area contributed by atoms with Crippen molar-refractivity contribution in [3.8, 4) is 0 Å². The van der Waals surface area contributed by atoms with Crippen LogP contribution in [-0.4, -0.2) is 45.8 Å². The summed E-state index contributed by atoms with van der Waals surface area (Å²) in [6, 6.07) is 6.70. The van der Waals surface area contributed by atoms with Gasteiger partial charge in [0.25, 0.3) is 0 Å². The van der Waals surface area contributed by atoms with E-state index in [9.17, 15) is 5.11 Å². The number of hydrogen-bond acceptors (Lipinski definition) is 4. The number of aliphatic hydroxyl groups is 1. The summed E-state index contributed by atoms with van der Waals surface area (Å²) in [4.78, 5) is 0. The van der Waals surface area contributed by atoms with Gasteiger partial charge in [0.05, 0.1) is 12.2 Å². The number of hydrogen-bond donors (Lipinski definition) is 1. The zero-order valence-electron chi connectivity index (χ0n) is 22.5. The molecule has 4 nitrogen and oxygen atoms in total. The third-order valence-electron chi connectivity index (χ3n) is 10.6. The molecule has 0 aromatic heterocycles. The number of aliphatic hydroxyl groups excluding tert-OH is 1. The van der Waals surface area contributed by atoms with E-state index in [4.69, 9.17) is 13.6 Å². The van der Waals surface area contributed by atoms with E-state index in [-0.39, 0.29) is 23.0 Å². The van der Waals surface area contributed by atoms with Crippen LogP contribution in [-0.2, 0) is 13.6 Å². The van der Waals surface area contributed by atoms with Crippen molar-refractivity contribution in [1.29, 1.82) is 0 Å². The fraction of sp³-hybridized carbons (Fsp3) is 0.923. The average Bonchev–Trinajstić information content (AvgIpc) is 3.12. The standard InChI is InChI=1S/C26H50O4Si2/c1-11-31(12-2,13-3)29-21-17-20-19(7)18-24(8)23(27)28-22(25(20,24)9)26(21,10)30-32(14-4,15-5)16-6/h18,20-23,27H,11-17H2,1-10H3/t20?,21-,22-,23?,24+,25-,26-/m1/s1. The van der Waals surface area contributed by atoms with Crippen LogP contribution >= 0.6 is 0 Å². The third kappa shape index (κ3) is 3.50. The monoisotopic (exact) mass is 482 g/mol. The maximum Gasteiger partial charge on any atom is 0.193 e. The fourth-order valence-corrected chi connectivity index (χ4v) is 13.6. The molecule has 186 valence electrons. The SMILES string of the molecule is CC[Si](CC)(CC)O[C@@H]1CC2C(C)=C[C@@]3(C)C(O)O[C@@H]([C@]1(C)O[Si](CC)(CC)CC)[C@@]23C. The van der Waals surface area contributed by atoms with Crippen LogP contribution in [0.2, 0.25) is 36.3 Å². The Labute approximate surface area is 199 Å². The van der Waals surface area contributed by atoms with E-state index in [1.165, 1.54) is 5.57 Å². The summed E-state index contributed by atoms with van der Waals surface area (Å²) in [5.41, 5.74) is 0.273. The van der Waals surface area contributed by atoms with Gasteiger partial charge in [0, 0.05) is 10.8 Å². The molecule has 3 aliphatic rings. The highest BCUT2D eigenvalue weighted by Gasteiger charge is 2.75. The minimum atomic E-state index is -1.95. The molecule has 32 heavy (non-hydrogen) atoms. The first-order chi connectivity index (χ1) is 14.9. The molecule has 1 saturated heterocycles. The lowest BCUT2D eigenvalue weighted by Crippen LogP contribution is -2.69. The van der Waals surface area contributed by atoms with Gasteiger partial charge in [0.2, 0.25) is 0 Å². The summed E-state index contributed by atoms with van der Waals surface area (Å²) in [5.74, 6) is 0.356. The zero-order chi connectivity index (χ0) is 24.2. The van der Waals surface area contributed by atoms with Gasteiger partial charge < -0.3 is 18.7 Å². The molecule has 2 unspecified atom stereocenters. The molecule has 6 heteroatoms. The second kappa shape index (κ2) is 8.90. The molecule has 2 aliphatic carbocycles. The van der Waals surface area contributed by atoms with E-state index in [0.717, 1.165) is 42.7 Å². The van der Waals surface area contributed by atoms with E-state index < -0.39 is 28.5 Å². The molecule has 0 amide bonds. The van der Waals surface area contributed by atoms with E-state index in [2.05, 4.69) is 75.3 Å². The first-order valence-corrected chi connectivity index (χ1v) is 18.4. The Balaban J connectivity index is 2.15. The van der Waals surface area contributed by atoms with Crippen LogP contribution in [0, 0.1) is 16.7 Å². The van der Waals surface area contributed by atoms with Crippen LogP contribution in [0.4, 0.5) is 0 Å². The smallest absolute Gasteiger partial charge is 0.193 e. The van der Waals surface area contributed by atoms with Crippen molar-refractivity contribution in [2.45, 2.75) is 136 Å². The molecule has 1 saturated carbocycles. The quantitative estimate of drug-likeness (QED) is 0.273. The Morgan fingerprint density at radius 2 is 1.44 bits per heavy atom. The maximum atomic E-state index is 11.2. The van der Waals surface area contributed by atoms with Crippen molar-refractivity contribution >= 4 is 16.6 Å². The Morgan fingerprint density at radius 1 is 0.938 bits per heavy atom. The van der Waals surface area contributed by atoms with Crippen molar-refractivity contribution in [3.05, 3.63) is 11.6 Å². The molecule has 0 aromatic rings. The Hall–Kier alpha value is 0.0138. The van der Waals surface area contributed by atoms with Crippen LogP contribution in [0.25, 0.3) is 0 Å². The number of ether oxygens (including phenoxy) is 1. The van der Waals surface area contributed by atoms with Crippen molar-refractivity contribution in [2.75, 3.05) is 0 Å². The minimum Gasteiger partial charge on any atom is -0.411 e. The maximum absolute atomic E-state index is 11.2. The molecule has 0 aromatic carbocycles. The molecule has 1 N–H and O–H groups in total. The average molecular weight is 483 g/mol. The van der Waals surface area contributed by atoms with Gasteiger partial charge in [-0.25, -0.2) is 0 Å². The Morgan fingerprint density at radius 3 is 1.91 bits per heavy atom. The van der Waals surface area contributed by atoms with Gasteiger partial charge in [-0.05, 0) is 62.5 Å². The van der Waals surface area contributed by atoms with Crippen molar-refractivity contribution in [1.82, 2.24) is 0 Å². The predicted octanol–water partition coefficient (Wildman–Crippen LogP) is 6.87. The normalized spacial score (nSPS) is 41.7. The van der Waals surface area contributed by atoms with Crippen LogP contribution < -0.4 is 0 Å². The van der Waals surface area contributed by atoms with Gasteiger partial charge in [-0.3, -0.25) is 0 Å². The summed E-state index contributed by atoms with van der Waals surface area (Å²) in [5, 5.41) is 11.2. The highest BCUT2D eigenvalue weighted by atomic mass is 28.4. The van der Waals surface area contributed by atoms with Crippen LogP contribution in [0.3, 0.4) is 0 Å². The van der Waals surface area contributed by atoms with Gasteiger partial charge in [0.1, 0.15) is 5.60 Å². The molecule has 0 bridgehead atoms. The first kappa shape index (κ1) is 26.6. The summed E-state index contributed by atoms with van der Waals surface area (Å²) < 4.78 is 21.2. The van der Waals surface area contributed by atoms with E-state index >= 15 is 0 Å². The van der Waals surface area contributed by atoms with Crippen molar-refractivity contribution in [3.63, 3.8) is 0 Å². The molecule has 3 rings (SSSR count). The molecule has 7 atom stereocenters. The summed E-state index contributed by atoms with van der Waals surface area (Å²) >= 11 is 0. The third-order valence-corrected chi connectivity index (χ3v) is 20.0. The summed E-state index contributed by atoms with van der Waals surface area (Å²) in [6.07, 6.45) is 2.30. The fourth-order valence-electron chi connectivity index (χ4n) is 7.59. The molecule has 0 radical (unpaired) electrons. The lowest BCUT2D eigenvalue weighted by Gasteiger charge is -2.59. The number of allylic oxidation sites excluding steroid dienone is 1. The predicted molar refractivity (Wildman–Crippen MR) is 138 cm³/mol.